The summed E-state index contributed by atoms with van der Waals surface area (Å²) < 4.78 is 5.14. The van der Waals surface area contributed by atoms with Gasteiger partial charge in [0.15, 0.2) is 0 Å². The number of hydrogen-bond donors (Lipinski definition) is 4. The van der Waals surface area contributed by atoms with Crippen molar-refractivity contribution in [1.82, 2.24) is 0 Å². The maximum absolute atomic E-state index is 12.7. The fraction of sp³-hybridized carbons (Fsp3) is 0.826. The second kappa shape index (κ2) is 6.30. The monoisotopic (exact) mass is 420 g/mol. The van der Waals surface area contributed by atoms with Crippen molar-refractivity contribution in [2.24, 2.45) is 28.6 Å². The number of aliphatic carboxylic acids is 1. The Kier molecular flexibility index (Phi) is 4.30. The number of hydrogen-bond acceptors (Lipinski definition) is 6. The summed E-state index contributed by atoms with van der Waals surface area (Å²) in [6.07, 6.45) is 5.00. The first-order chi connectivity index (χ1) is 14.1. The van der Waals surface area contributed by atoms with Gasteiger partial charge in [-0.1, -0.05) is 6.92 Å². The third kappa shape index (κ3) is 2.32. The molecule has 4 N–H and O–H groups in total. The molecule has 0 aromatic heterocycles. The summed E-state index contributed by atoms with van der Waals surface area (Å²) in [6, 6.07) is 0. The molecule has 4 fully saturated rings. The minimum atomic E-state index is -1.44. The molecule has 8 atom stereocenters. The summed E-state index contributed by atoms with van der Waals surface area (Å²) in [5, 5.41) is 44.1. The zero-order chi connectivity index (χ0) is 21.5. The van der Waals surface area contributed by atoms with Gasteiger partial charge in [0.2, 0.25) is 0 Å². The van der Waals surface area contributed by atoms with Gasteiger partial charge < -0.3 is 25.2 Å². The number of carboxylic acids is 1. The fourth-order valence-electron chi connectivity index (χ4n) is 8.49. The largest absolute Gasteiger partial charge is 0.481 e. The Labute approximate surface area is 176 Å². The van der Waals surface area contributed by atoms with Gasteiger partial charge in [0.1, 0.15) is 6.61 Å². The van der Waals surface area contributed by atoms with Crippen molar-refractivity contribution >= 4 is 11.9 Å². The molecule has 0 unspecified atom stereocenters. The highest BCUT2D eigenvalue weighted by Crippen LogP contribution is 2.70. The van der Waals surface area contributed by atoms with Gasteiger partial charge in [0.25, 0.3) is 0 Å². The van der Waals surface area contributed by atoms with Crippen LogP contribution >= 0.6 is 0 Å². The highest BCUT2D eigenvalue weighted by Gasteiger charge is 2.73. The van der Waals surface area contributed by atoms with Crippen LogP contribution in [0, 0.1) is 28.6 Å². The molecule has 0 aromatic rings. The lowest BCUT2D eigenvalue weighted by molar-refractivity contribution is -0.260. The summed E-state index contributed by atoms with van der Waals surface area (Å²) in [6.45, 7) is 2.36. The van der Waals surface area contributed by atoms with E-state index in [0.717, 1.165) is 12.0 Å². The molecule has 4 aliphatic carbocycles. The summed E-state index contributed by atoms with van der Waals surface area (Å²) >= 11 is 0. The second-order valence-corrected chi connectivity index (χ2v) is 10.8. The lowest BCUT2D eigenvalue weighted by atomic mass is 9.41. The molecule has 0 amide bonds. The Morgan fingerprint density at radius 1 is 1.07 bits per heavy atom. The molecule has 0 radical (unpaired) electrons. The maximum atomic E-state index is 12.7. The fourth-order valence-corrected chi connectivity index (χ4v) is 8.49. The SMILES string of the molecule is C[C@]12CC[C@H]3[C@@H](CC[C@]4(O)C[C@@H](O)CC[C@]34C(=O)O)[C@@]1(O)CC[C@H]2C1=CC(=O)OC1. The highest BCUT2D eigenvalue weighted by molar-refractivity contribution is 5.85. The van der Waals surface area contributed by atoms with E-state index in [1.807, 2.05) is 0 Å². The number of rotatable bonds is 2. The Balaban J connectivity index is 1.54. The first-order valence-electron chi connectivity index (χ1n) is 11.3. The van der Waals surface area contributed by atoms with Crippen molar-refractivity contribution < 1.29 is 34.8 Å². The van der Waals surface area contributed by atoms with Crippen molar-refractivity contribution in [2.75, 3.05) is 6.61 Å². The molecule has 0 bridgehead atoms. The lowest BCUT2D eigenvalue weighted by Crippen LogP contribution is -2.70. The molecule has 7 nitrogen and oxygen atoms in total. The first kappa shape index (κ1) is 20.5. The van der Waals surface area contributed by atoms with Crippen LogP contribution in [-0.2, 0) is 14.3 Å². The van der Waals surface area contributed by atoms with Crippen LogP contribution < -0.4 is 0 Å². The number of carboxylic acid groups (broad SMARTS) is 1. The zero-order valence-electron chi connectivity index (χ0n) is 17.5. The van der Waals surface area contributed by atoms with Gasteiger partial charge in [-0.15, -0.1) is 0 Å². The van der Waals surface area contributed by atoms with Crippen LogP contribution in [0.1, 0.15) is 64.7 Å². The van der Waals surface area contributed by atoms with E-state index in [1.54, 1.807) is 6.08 Å². The molecule has 30 heavy (non-hydrogen) atoms. The smallest absolute Gasteiger partial charge is 0.331 e. The first-order valence-corrected chi connectivity index (χ1v) is 11.3. The van der Waals surface area contributed by atoms with Crippen LogP contribution in [0.15, 0.2) is 11.6 Å². The Hall–Kier alpha value is -1.44. The molecule has 1 aliphatic heterocycles. The minimum Gasteiger partial charge on any atom is -0.481 e. The molecule has 7 heteroatoms. The van der Waals surface area contributed by atoms with Crippen molar-refractivity contribution in [2.45, 2.75) is 82.0 Å². The van der Waals surface area contributed by atoms with Crippen LogP contribution in [-0.4, -0.2) is 56.3 Å². The molecule has 5 rings (SSSR count). The third-order valence-corrected chi connectivity index (χ3v) is 9.94. The van der Waals surface area contributed by atoms with Crippen LogP contribution in [0.3, 0.4) is 0 Å². The molecule has 0 spiro atoms. The Morgan fingerprint density at radius 3 is 2.47 bits per heavy atom. The maximum Gasteiger partial charge on any atom is 0.331 e. The number of cyclic esters (lactones) is 1. The predicted octanol–water partition coefficient (Wildman–Crippen LogP) is 1.78. The van der Waals surface area contributed by atoms with Crippen molar-refractivity contribution in [3.63, 3.8) is 0 Å². The molecule has 0 aromatic carbocycles. The summed E-state index contributed by atoms with van der Waals surface area (Å²) in [5.74, 6) is -1.82. The summed E-state index contributed by atoms with van der Waals surface area (Å²) in [5.41, 5.74) is -3.30. The third-order valence-electron chi connectivity index (χ3n) is 9.94. The van der Waals surface area contributed by atoms with E-state index in [9.17, 15) is 30.0 Å². The van der Waals surface area contributed by atoms with Crippen molar-refractivity contribution in [3.8, 4) is 0 Å². The molecule has 166 valence electrons. The molecule has 1 heterocycles. The summed E-state index contributed by atoms with van der Waals surface area (Å²) in [4.78, 5) is 24.3. The number of esters is 1. The van der Waals surface area contributed by atoms with E-state index in [0.29, 0.717) is 32.1 Å². The van der Waals surface area contributed by atoms with Gasteiger partial charge in [-0.3, -0.25) is 4.79 Å². The number of aliphatic hydroxyl groups excluding tert-OH is 1. The van der Waals surface area contributed by atoms with Crippen LogP contribution in [0.2, 0.25) is 0 Å². The molecule has 4 saturated carbocycles. The molecular weight excluding hydrogens is 388 g/mol. The zero-order valence-corrected chi connectivity index (χ0v) is 17.5. The van der Waals surface area contributed by atoms with Gasteiger partial charge in [-0.05, 0) is 74.7 Å². The molecule has 0 saturated heterocycles. The average molecular weight is 421 g/mol. The number of carbonyl (C=O) groups excluding carboxylic acids is 1. The van der Waals surface area contributed by atoms with Gasteiger partial charge >= 0.3 is 11.9 Å². The van der Waals surface area contributed by atoms with Crippen LogP contribution in [0.5, 0.6) is 0 Å². The van der Waals surface area contributed by atoms with E-state index in [1.165, 1.54) is 0 Å². The number of fused-ring (bicyclic) bond motifs is 5. The topological polar surface area (TPSA) is 124 Å². The van der Waals surface area contributed by atoms with Gasteiger partial charge in [0, 0.05) is 17.9 Å². The van der Waals surface area contributed by atoms with E-state index >= 15 is 0 Å². The van der Waals surface area contributed by atoms with Gasteiger partial charge in [0.05, 0.1) is 22.7 Å². The van der Waals surface area contributed by atoms with E-state index in [4.69, 9.17) is 4.74 Å². The predicted molar refractivity (Wildman–Crippen MR) is 105 cm³/mol. The van der Waals surface area contributed by atoms with Crippen molar-refractivity contribution in [3.05, 3.63) is 11.6 Å². The summed E-state index contributed by atoms with van der Waals surface area (Å²) in [7, 11) is 0. The quantitative estimate of drug-likeness (QED) is 0.502. The second-order valence-electron chi connectivity index (χ2n) is 10.8. The highest BCUT2D eigenvalue weighted by atomic mass is 16.5. The molecular formula is C23H32O7. The van der Waals surface area contributed by atoms with Gasteiger partial charge in [-0.2, -0.15) is 0 Å². The molecule has 5 aliphatic rings. The van der Waals surface area contributed by atoms with E-state index in [-0.39, 0.29) is 49.6 Å². The average Bonchev–Trinajstić information content (AvgIpc) is 3.21. The van der Waals surface area contributed by atoms with Crippen LogP contribution in [0.25, 0.3) is 0 Å². The lowest BCUT2D eigenvalue weighted by Gasteiger charge is -2.65. The Morgan fingerprint density at radius 2 is 1.80 bits per heavy atom. The number of carbonyl (C=O) groups is 2. The number of aliphatic hydroxyl groups is 3. The Bertz CT molecular complexity index is 822. The standard InChI is InChI=1S/C23H32O7/c1-20-6-3-16-17(23(20,29)9-5-15(20)13-10-18(25)30-12-13)4-7-21(28)11-14(24)2-8-22(16,21)19(26)27/h10,14-17,24,28-29H,2-9,11-12H2,1H3,(H,26,27)/t14-,15-,16-,17+,20+,21-,22+,23-/m0/s1. The van der Waals surface area contributed by atoms with E-state index in [2.05, 4.69) is 6.92 Å². The van der Waals surface area contributed by atoms with Crippen molar-refractivity contribution in [1.29, 1.82) is 0 Å². The number of ether oxygens (including phenoxy) is 1. The normalized spacial score (nSPS) is 52.7. The van der Waals surface area contributed by atoms with Crippen LogP contribution in [0.4, 0.5) is 0 Å². The van der Waals surface area contributed by atoms with Gasteiger partial charge in [-0.25, -0.2) is 4.79 Å². The van der Waals surface area contributed by atoms with E-state index < -0.39 is 34.1 Å². The minimum absolute atomic E-state index is 0.0460.